The van der Waals surface area contributed by atoms with E-state index in [0.717, 1.165) is 18.8 Å². The summed E-state index contributed by atoms with van der Waals surface area (Å²) in [7, 11) is 0. The molecule has 0 amide bonds. The maximum atomic E-state index is 5.93. The van der Waals surface area contributed by atoms with Crippen molar-refractivity contribution < 1.29 is 0 Å². The van der Waals surface area contributed by atoms with Crippen LogP contribution in [0.3, 0.4) is 0 Å². The second-order valence-electron chi connectivity index (χ2n) is 5.46. The topological polar surface area (TPSA) is 32.5 Å². The van der Waals surface area contributed by atoms with E-state index in [1.54, 1.807) is 0 Å². The number of nitrogen functional groups attached to an aromatic ring is 1. The molecule has 0 atom stereocenters. The van der Waals surface area contributed by atoms with Gasteiger partial charge in [-0.3, -0.25) is 0 Å². The van der Waals surface area contributed by atoms with Gasteiger partial charge < -0.3 is 15.5 Å². The molecule has 0 aliphatic carbocycles. The summed E-state index contributed by atoms with van der Waals surface area (Å²) in [4.78, 5) is 6.50. The molecule has 0 radical (unpaired) electrons. The van der Waals surface area contributed by atoms with Gasteiger partial charge in [-0.1, -0.05) is 0 Å². The van der Waals surface area contributed by atoms with Crippen molar-refractivity contribution in [2.45, 2.75) is 24.2 Å². The quantitative estimate of drug-likeness (QED) is 0.858. The van der Waals surface area contributed by atoms with Crippen LogP contribution in [-0.2, 0) is 0 Å². The molecule has 19 heavy (non-hydrogen) atoms. The van der Waals surface area contributed by atoms with Crippen LogP contribution in [0.5, 0.6) is 0 Å². The molecule has 2 aliphatic heterocycles. The molecule has 104 valence electrons. The Labute approximate surface area is 120 Å². The molecule has 1 aromatic rings. The molecule has 1 aromatic carbocycles. The highest BCUT2D eigenvalue weighted by Crippen LogP contribution is 2.35. The zero-order valence-corrected chi connectivity index (χ0v) is 12.3. The molecular weight excluding hydrogens is 254 g/mol. The minimum atomic E-state index is 0.880. The highest BCUT2D eigenvalue weighted by molar-refractivity contribution is 7.99. The number of thioether (sulfide) groups is 1. The Morgan fingerprint density at radius 3 is 2.79 bits per heavy atom. The van der Waals surface area contributed by atoms with Crippen molar-refractivity contribution >= 4 is 23.1 Å². The monoisotopic (exact) mass is 277 g/mol. The Morgan fingerprint density at radius 2 is 1.95 bits per heavy atom. The highest BCUT2D eigenvalue weighted by atomic mass is 32.2. The lowest BCUT2D eigenvalue weighted by Crippen LogP contribution is -2.32. The smallest absolute Gasteiger partial charge is 0.0525 e. The van der Waals surface area contributed by atoms with E-state index in [1.807, 2.05) is 17.8 Å². The fourth-order valence-corrected chi connectivity index (χ4v) is 4.05. The summed E-state index contributed by atoms with van der Waals surface area (Å²) in [5, 5.41) is 0. The van der Waals surface area contributed by atoms with Gasteiger partial charge >= 0.3 is 0 Å². The molecule has 3 nitrogen and oxygen atoms in total. The largest absolute Gasteiger partial charge is 0.399 e. The fraction of sp³-hybridized carbons (Fsp3) is 0.600. The number of nitrogens with two attached hydrogens (primary N) is 1. The van der Waals surface area contributed by atoms with Crippen LogP contribution in [-0.4, -0.2) is 43.4 Å². The van der Waals surface area contributed by atoms with Gasteiger partial charge in [0.2, 0.25) is 0 Å². The van der Waals surface area contributed by atoms with E-state index in [1.165, 1.54) is 55.2 Å². The Kier molecular flexibility index (Phi) is 4.18. The van der Waals surface area contributed by atoms with Crippen LogP contribution >= 0.6 is 11.8 Å². The molecule has 1 fully saturated rings. The zero-order chi connectivity index (χ0) is 13.1. The number of benzene rings is 1. The van der Waals surface area contributed by atoms with Crippen LogP contribution < -0.4 is 10.6 Å². The van der Waals surface area contributed by atoms with Gasteiger partial charge in [-0.05, 0) is 57.1 Å². The molecular formula is C15H23N3S. The average molecular weight is 277 g/mol. The fourth-order valence-electron chi connectivity index (χ4n) is 3.01. The maximum absolute atomic E-state index is 5.93. The zero-order valence-electron chi connectivity index (χ0n) is 11.5. The van der Waals surface area contributed by atoms with E-state index in [2.05, 4.69) is 21.9 Å². The third kappa shape index (κ3) is 3.18. The van der Waals surface area contributed by atoms with Gasteiger partial charge in [0.15, 0.2) is 0 Å². The summed E-state index contributed by atoms with van der Waals surface area (Å²) < 4.78 is 0. The first-order chi connectivity index (χ1) is 9.33. The second kappa shape index (κ2) is 6.06. The van der Waals surface area contributed by atoms with Gasteiger partial charge in [0.25, 0.3) is 0 Å². The van der Waals surface area contributed by atoms with Crippen LogP contribution in [0.2, 0.25) is 0 Å². The Morgan fingerprint density at radius 1 is 1.11 bits per heavy atom. The van der Waals surface area contributed by atoms with Gasteiger partial charge in [0.05, 0.1) is 5.69 Å². The first kappa shape index (κ1) is 13.1. The Balaban J connectivity index is 1.58. The third-order valence-electron chi connectivity index (χ3n) is 4.04. The molecule has 2 aliphatic rings. The molecule has 1 saturated heterocycles. The average Bonchev–Trinajstić information content (AvgIpc) is 2.92. The first-order valence-electron chi connectivity index (χ1n) is 7.32. The van der Waals surface area contributed by atoms with Crippen molar-refractivity contribution in [1.82, 2.24) is 4.90 Å². The maximum Gasteiger partial charge on any atom is 0.0525 e. The lowest BCUT2D eigenvalue weighted by Gasteiger charge is -2.31. The number of fused-ring (bicyclic) bond motifs is 1. The number of hydrogen-bond acceptors (Lipinski definition) is 4. The minimum absolute atomic E-state index is 0.880. The number of rotatable bonds is 4. The molecule has 0 unspecified atom stereocenters. The van der Waals surface area contributed by atoms with Crippen molar-refractivity contribution in [3.8, 4) is 0 Å². The van der Waals surface area contributed by atoms with E-state index in [0.29, 0.717) is 0 Å². The van der Waals surface area contributed by atoms with Crippen LogP contribution in [0.1, 0.15) is 19.3 Å². The summed E-state index contributed by atoms with van der Waals surface area (Å²) in [5.41, 5.74) is 8.15. The van der Waals surface area contributed by atoms with Gasteiger partial charge in [0.1, 0.15) is 0 Å². The van der Waals surface area contributed by atoms with Crippen molar-refractivity contribution in [1.29, 1.82) is 0 Å². The molecule has 2 heterocycles. The SMILES string of the molecule is Nc1ccc2c(c1)N(CCCN1CCCC1)CCS2. The summed E-state index contributed by atoms with van der Waals surface area (Å²) in [6, 6.07) is 6.32. The second-order valence-corrected chi connectivity index (χ2v) is 6.60. The van der Waals surface area contributed by atoms with E-state index in [9.17, 15) is 0 Å². The number of hydrogen-bond donors (Lipinski definition) is 1. The summed E-state index contributed by atoms with van der Waals surface area (Å²) >= 11 is 1.95. The first-order valence-corrected chi connectivity index (χ1v) is 8.31. The van der Waals surface area contributed by atoms with E-state index >= 15 is 0 Å². The molecule has 0 saturated carbocycles. The Hall–Kier alpha value is -0.870. The number of likely N-dealkylation sites (tertiary alicyclic amines) is 1. The summed E-state index contributed by atoms with van der Waals surface area (Å²) in [6.45, 7) is 6.18. The molecule has 0 spiro atoms. The van der Waals surface area contributed by atoms with Gasteiger partial charge in [-0.15, -0.1) is 11.8 Å². The van der Waals surface area contributed by atoms with E-state index in [4.69, 9.17) is 5.73 Å². The van der Waals surface area contributed by atoms with Crippen LogP contribution in [0.25, 0.3) is 0 Å². The normalized spacial score (nSPS) is 19.7. The van der Waals surface area contributed by atoms with Gasteiger partial charge in [-0.25, -0.2) is 0 Å². The van der Waals surface area contributed by atoms with E-state index in [-0.39, 0.29) is 0 Å². The Bertz CT molecular complexity index is 429. The predicted octanol–water partition coefficient (Wildman–Crippen LogP) is 2.67. The number of nitrogens with zero attached hydrogens (tertiary/aromatic N) is 2. The van der Waals surface area contributed by atoms with Crippen LogP contribution in [0.15, 0.2) is 23.1 Å². The standard InChI is InChI=1S/C15H23N3S/c16-13-4-5-15-14(12-13)18(10-11-19-15)9-3-8-17-6-1-2-7-17/h4-5,12H,1-3,6-11,16H2. The molecule has 0 aromatic heterocycles. The van der Waals surface area contributed by atoms with Crippen LogP contribution in [0.4, 0.5) is 11.4 Å². The number of anilines is 2. The minimum Gasteiger partial charge on any atom is -0.399 e. The van der Waals surface area contributed by atoms with E-state index < -0.39 is 0 Å². The van der Waals surface area contributed by atoms with Crippen molar-refractivity contribution in [3.05, 3.63) is 18.2 Å². The van der Waals surface area contributed by atoms with Crippen molar-refractivity contribution in [2.75, 3.05) is 49.1 Å². The van der Waals surface area contributed by atoms with Gasteiger partial charge in [0, 0.05) is 29.4 Å². The molecule has 4 heteroatoms. The van der Waals surface area contributed by atoms with Gasteiger partial charge in [-0.2, -0.15) is 0 Å². The van der Waals surface area contributed by atoms with Crippen molar-refractivity contribution in [3.63, 3.8) is 0 Å². The molecule has 3 rings (SSSR count). The van der Waals surface area contributed by atoms with Crippen molar-refractivity contribution in [2.24, 2.45) is 0 Å². The summed E-state index contributed by atoms with van der Waals surface area (Å²) in [5.74, 6) is 1.20. The third-order valence-corrected chi connectivity index (χ3v) is 5.09. The predicted molar refractivity (Wildman–Crippen MR) is 84.1 cm³/mol. The highest BCUT2D eigenvalue weighted by Gasteiger charge is 2.18. The van der Waals surface area contributed by atoms with Crippen LogP contribution in [0, 0.1) is 0 Å². The summed E-state index contributed by atoms with van der Waals surface area (Å²) in [6.07, 6.45) is 4.04. The lowest BCUT2D eigenvalue weighted by molar-refractivity contribution is 0.334. The molecule has 2 N–H and O–H groups in total. The molecule has 0 bridgehead atoms. The lowest BCUT2D eigenvalue weighted by atomic mass is 10.2.